The maximum absolute atomic E-state index is 11.3. The minimum Gasteiger partial charge on any atom is -0.436 e. The van der Waals surface area contributed by atoms with Gasteiger partial charge in [0.05, 0.1) is 0 Å². The number of nitrogens with one attached hydrogen (secondary N) is 1. The largest absolute Gasteiger partial charge is 0.436 e. The highest BCUT2D eigenvalue weighted by atomic mass is 35.5. The van der Waals surface area contributed by atoms with Crippen molar-refractivity contribution in [3.05, 3.63) is 48.0 Å². The first-order valence-electron chi connectivity index (χ1n) is 6.49. The molecule has 0 saturated heterocycles. The first kappa shape index (κ1) is 13.6. The van der Waals surface area contributed by atoms with E-state index in [1.54, 1.807) is 6.07 Å². The number of hydrogen-bond acceptors (Lipinski definition) is 3. The average Bonchev–Trinajstić information content (AvgIpc) is 2.90. The first-order chi connectivity index (χ1) is 10.2. The van der Waals surface area contributed by atoms with E-state index in [1.807, 2.05) is 43.3 Å². The summed E-state index contributed by atoms with van der Waals surface area (Å²) in [6.07, 6.45) is 0. The monoisotopic (exact) mass is 300 g/mol. The molecule has 0 atom stereocenters. The van der Waals surface area contributed by atoms with Gasteiger partial charge < -0.3 is 9.73 Å². The van der Waals surface area contributed by atoms with Gasteiger partial charge >= 0.3 is 0 Å². The molecule has 21 heavy (non-hydrogen) atoms. The summed E-state index contributed by atoms with van der Waals surface area (Å²) in [6.45, 7) is 2.01. The van der Waals surface area contributed by atoms with E-state index < -0.39 is 0 Å². The van der Waals surface area contributed by atoms with Gasteiger partial charge in [-0.3, -0.25) is 4.79 Å². The van der Waals surface area contributed by atoms with Crippen LogP contribution < -0.4 is 5.32 Å². The molecule has 0 unspecified atom stereocenters. The van der Waals surface area contributed by atoms with Crippen LogP contribution in [0.3, 0.4) is 0 Å². The number of oxazole rings is 1. The van der Waals surface area contributed by atoms with Crippen molar-refractivity contribution in [2.24, 2.45) is 0 Å². The Morgan fingerprint density at radius 3 is 2.95 bits per heavy atom. The van der Waals surface area contributed by atoms with Crippen LogP contribution in [0.4, 0.5) is 5.69 Å². The Morgan fingerprint density at radius 1 is 1.29 bits per heavy atom. The summed E-state index contributed by atoms with van der Waals surface area (Å²) >= 11 is 5.48. The summed E-state index contributed by atoms with van der Waals surface area (Å²) in [5, 5.41) is 2.70. The Balaban J connectivity index is 1.98. The zero-order valence-electron chi connectivity index (χ0n) is 11.4. The third-order valence-corrected chi connectivity index (χ3v) is 3.30. The van der Waals surface area contributed by atoms with Crippen molar-refractivity contribution in [3.8, 4) is 11.5 Å². The molecular weight excluding hydrogens is 288 g/mol. The van der Waals surface area contributed by atoms with Gasteiger partial charge in [0.2, 0.25) is 11.8 Å². The Kier molecular flexibility index (Phi) is 3.62. The van der Waals surface area contributed by atoms with Gasteiger partial charge in [0.25, 0.3) is 0 Å². The van der Waals surface area contributed by atoms with Crippen LogP contribution in [0.15, 0.2) is 46.9 Å². The third-order valence-electron chi connectivity index (χ3n) is 3.06. The maximum Gasteiger partial charge on any atom is 0.239 e. The average molecular weight is 301 g/mol. The second-order valence-electron chi connectivity index (χ2n) is 4.75. The van der Waals surface area contributed by atoms with Gasteiger partial charge in [-0.05, 0) is 42.8 Å². The van der Waals surface area contributed by atoms with Crippen LogP contribution in [0.2, 0.25) is 0 Å². The Morgan fingerprint density at radius 2 is 2.14 bits per heavy atom. The fourth-order valence-corrected chi connectivity index (χ4v) is 2.15. The number of aryl methyl sites for hydroxylation is 1. The van der Waals surface area contributed by atoms with E-state index in [1.165, 1.54) is 0 Å². The number of aromatic nitrogens is 1. The Bertz CT molecular complexity index is 811. The predicted octanol–water partition coefficient (Wildman–Crippen LogP) is 3.98. The minimum atomic E-state index is -0.248. The maximum atomic E-state index is 11.3. The van der Waals surface area contributed by atoms with Gasteiger partial charge in [0.15, 0.2) is 5.58 Å². The SMILES string of the molecule is Cc1ccc2oc(-c3cccc(NC(=O)CCl)c3)nc2c1. The molecule has 0 saturated carbocycles. The van der Waals surface area contributed by atoms with Crippen LogP contribution in [-0.4, -0.2) is 16.8 Å². The number of amides is 1. The predicted molar refractivity (Wildman–Crippen MR) is 83.5 cm³/mol. The molecule has 0 spiro atoms. The van der Waals surface area contributed by atoms with Crippen LogP contribution >= 0.6 is 11.6 Å². The minimum absolute atomic E-state index is 0.0770. The van der Waals surface area contributed by atoms with Gasteiger partial charge in [-0.2, -0.15) is 0 Å². The standard InChI is InChI=1S/C16H13ClN2O2/c1-10-5-6-14-13(7-10)19-16(21-14)11-3-2-4-12(8-11)18-15(20)9-17/h2-8H,9H2,1H3,(H,18,20). The molecule has 0 aliphatic heterocycles. The molecule has 1 heterocycles. The molecule has 0 radical (unpaired) electrons. The molecule has 3 aromatic rings. The molecule has 106 valence electrons. The normalized spacial score (nSPS) is 10.8. The third kappa shape index (κ3) is 2.90. The van der Waals surface area contributed by atoms with E-state index >= 15 is 0 Å². The summed E-state index contributed by atoms with van der Waals surface area (Å²) in [6, 6.07) is 13.2. The van der Waals surface area contributed by atoms with Crippen molar-refractivity contribution in [1.29, 1.82) is 0 Å². The van der Waals surface area contributed by atoms with Crippen molar-refractivity contribution in [2.45, 2.75) is 6.92 Å². The molecule has 4 nitrogen and oxygen atoms in total. The highest BCUT2D eigenvalue weighted by Gasteiger charge is 2.09. The van der Waals surface area contributed by atoms with Crippen molar-refractivity contribution >= 4 is 34.3 Å². The lowest BCUT2D eigenvalue weighted by molar-refractivity contribution is -0.113. The molecule has 1 aromatic heterocycles. The van der Waals surface area contributed by atoms with Crippen LogP contribution in [0, 0.1) is 6.92 Å². The molecule has 0 aliphatic rings. The first-order valence-corrected chi connectivity index (χ1v) is 7.02. The Hall–Kier alpha value is -2.33. The lowest BCUT2D eigenvalue weighted by atomic mass is 10.2. The molecule has 1 N–H and O–H groups in total. The number of halogens is 1. The number of anilines is 1. The quantitative estimate of drug-likeness (QED) is 0.744. The number of hydrogen-bond donors (Lipinski definition) is 1. The number of fused-ring (bicyclic) bond motifs is 1. The van der Waals surface area contributed by atoms with Crippen molar-refractivity contribution in [2.75, 3.05) is 11.2 Å². The van der Waals surface area contributed by atoms with Crippen molar-refractivity contribution < 1.29 is 9.21 Å². The number of alkyl halides is 1. The molecule has 0 bridgehead atoms. The van der Waals surface area contributed by atoms with E-state index in [0.717, 1.165) is 22.2 Å². The molecule has 1 amide bonds. The zero-order chi connectivity index (χ0) is 14.8. The number of carbonyl (C=O) groups is 1. The molecule has 2 aromatic carbocycles. The highest BCUT2D eigenvalue weighted by Crippen LogP contribution is 2.26. The van der Waals surface area contributed by atoms with Crippen LogP contribution in [-0.2, 0) is 4.79 Å². The summed E-state index contributed by atoms with van der Waals surface area (Å²) in [7, 11) is 0. The van der Waals surface area contributed by atoms with Crippen LogP contribution in [0.1, 0.15) is 5.56 Å². The molecular formula is C16H13ClN2O2. The van der Waals surface area contributed by atoms with Crippen LogP contribution in [0.25, 0.3) is 22.6 Å². The topological polar surface area (TPSA) is 55.1 Å². The number of nitrogens with zero attached hydrogens (tertiary/aromatic N) is 1. The number of benzene rings is 2. The zero-order valence-corrected chi connectivity index (χ0v) is 12.1. The lowest BCUT2D eigenvalue weighted by Gasteiger charge is -2.03. The lowest BCUT2D eigenvalue weighted by Crippen LogP contribution is -2.12. The van der Waals surface area contributed by atoms with Crippen molar-refractivity contribution in [1.82, 2.24) is 4.98 Å². The fraction of sp³-hybridized carbons (Fsp3) is 0.125. The van der Waals surface area contributed by atoms with Gasteiger partial charge in [-0.1, -0.05) is 12.1 Å². The van der Waals surface area contributed by atoms with Gasteiger partial charge in [-0.25, -0.2) is 4.98 Å². The number of carbonyl (C=O) groups excluding carboxylic acids is 1. The highest BCUT2D eigenvalue weighted by molar-refractivity contribution is 6.29. The summed E-state index contributed by atoms with van der Waals surface area (Å²) in [4.78, 5) is 15.8. The summed E-state index contributed by atoms with van der Waals surface area (Å²) in [5.74, 6) is 0.200. The van der Waals surface area contributed by atoms with Crippen LogP contribution in [0.5, 0.6) is 0 Å². The smallest absolute Gasteiger partial charge is 0.239 e. The second kappa shape index (κ2) is 5.58. The molecule has 0 fully saturated rings. The van der Waals surface area contributed by atoms with E-state index in [0.29, 0.717) is 11.6 Å². The van der Waals surface area contributed by atoms with E-state index in [-0.39, 0.29) is 11.8 Å². The van der Waals surface area contributed by atoms with Crippen molar-refractivity contribution in [3.63, 3.8) is 0 Å². The van der Waals surface area contributed by atoms with E-state index in [4.69, 9.17) is 16.0 Å². The molecule has 0 aliphatic carbocycles. The Labute approximate surface area is 126 Å². The number of rotatable bonds is 3. The van der Waals surface area contributed by atoms with Gasteiger partial charge in [0.1, 0.15) is 11.4 Å². The summed E-state index contributed by atoms with van der Waals surface area (Å²) < 4.78 is 5.75. The fourth-order valence-electron chi connectivity index (χ4n) is 2.09. The molecule has 5 heteroatoms. The van der Waals surface area contributed by atoms with Gasteiger partial charge in [-0.15, -0.1) is 11.6 Å². The van der Waals surface area contributed by atoms with Gasteiger partial charge in [0, 0.05) is 11.3 Å². The van der Waals surface area contributed by atoms with E-state index in [2.05, 4.69) is 10.3 Å². The second-order valence-corrected chi connectivity index (χ2v) is 5.02. The molecule has 3 rings (SSSR count). The summed E-state index contributed by atoms with van der Waals surface area (Å²) in [5.41, 5.74) is 4.16. The van der Waals surface area contributed by atoms with E-state index in [9.17, 15) is 4.79 Å².